The van der Waals surface area contributed by atoms with Gasteiger partial charge in [-0.25, -0.2) is 0 Å². The molecule has 4 heteroatoms. The molecule has 0 saturated carbocycles. The van der Waals surface area contributed by atoms with Crippen LogP contribution in [0.2, 0.25) is 0 Å². The normalized spacial score (nSPS) is 24.4. The maximum Gasteiger partial charge on any atom is 0.317 e. The molecule has 0 unspecified atom stereocenters. The number of likely N-dealkylation sites (tertiary alicyclic amines) is 1. The van der Waals surface area contributed by atoms with Crippen LogP contribution in [0.5, 0.6) is 0 Å². The van der Waals surface area contributed by atoms with Crippen molar-refractivity contribution >= 4 is 17.0 Å². The van der Waals surface area contributed by atoms with Gasteiger partial charge in [-0.05, 0) is 24.4 Å². The van der Waals surface area contributed by atoms with Crippen LogP contribution in [-0.2, 0) is 0 Å². The van der Waals surface area contributed by atoms with Gasteiger partial charge in [0, 0.05) is 6.54 Å². The number of carbonyl (C=O) groups excluding carboxylic acids is 1. The predicted octanol–water partition coefficient (Wildman–Crippen LogP) is 1.33. The Kier molecular flexibility index (Phi) is 2.13. The van der Waals surface area contributed by atoms with Gasteiger partial charge >= 0.3 is 5.37 Å². The van der Waals surface area contributed by atoms with Crippen molar-refractivity contribution in [2.24, 2.45) is 0 Å². The van der Waals surface area contributed by atoms with Gasteiger partial charge in [0.2, 0.25) is 0 Å². The summed E-state index contributed by atoms with van der Waals surface area (Å²) in [5.74, 6) is 0. The lowest BCUT2D eigenvalue weighted by Gasteiger charge is -2.14. The summed E-state index contributed by atoms with van der Waals surface area (Å²) in [6.45, 7) is 0.626. The summed E-state index contributed by atoms with van der Waals surface area (Å²) in [6, 6.07) is 1.73. The first-order chi connectivity index (χ1) is 4.75. The molecule has 1 aliphatic rings. The fourth-order valence-electron chi connectivity index (χ4n) is 1.11. The summed E-state index contributed by atoms with van der Waals surface area (Å²) in [4.78, 5) is 11.9. The highest BCUT2D eigenvalue weighted by Crippen LogP contribution is 2.17. The van der Waals surface area contributed by atoms with Gasteiger partial charge < -0.3 is 4.90 Å². The van der Waals surface area contributed by atoms with Crippen LogP contribution >= 0.6 is 11.6 Å². The molecule has 1 rings (SSSR count). The summed E-state index contributed by atoms with van der Waals surface area (Å²) in [6.07, 6.45) is 1.64. The van der Waals surface area contributed by atoms with Crippen LogP contribution in [0.25, 0.3) is 0 Å². The molecule has 1 fully saturated rings. The minimum absolute atomic E-state index is 0.287. The molecule has 0 aromatic carbocycles. The van der Waals surface area contributed by atoms with E-state index in [1.165, 1.54) is 4.90 Å². The van der Waals surface area contributed by atoms with Gasteiger partial charge in [-0.1, -0.05) is 0 Å². The lowest BCUT2D eigenvalue weighted by molar-refractivity contribution is 0.225. The molecular weight excluding hydrogens is 152 g/mol. The van der Waals surface area contributed by atoms with Gasteiger partial charge in [0.1, 0.15) is 6.04 Å². The van der Waals surface area contributed by atoms with Crippen molar-refractivity contribution in [2.45, 2.75) is 18.9 Å². The molecule has 1 amide bonds. The van der Waals surface area contributed by atoms with Crippen LogP contribution in [0.4, 0.5) is 4.79 Å². The highest BCUT2D eigenvalue weighted by Gasteiger charge is 2.26. The Balaban J connectivity index is 2.61. The molecule has 0 aromatic heterocycles. The van der Waals surface area contributed by atoms with Crippen LogP contribution in [0, 0.1) is 11.3 Å². The fraction of sp³-hybridized carbons (Fsp3) is 0.667. The van der Waals surface area contributed by atoms with Crippen LogP contribution in [0.15, 0.2) is 0 Å². The highest BCUT2D eigenvalue weighted by molar-refractivity contribution is 6.62. The van der Waals surface area contributed by atoms with Gasteiger partial charge in [-0.15, -0.1) is 0 Å². The molecule has 0 spiro atoms. The molecule has 1 atom stereocenters. The van der Waals surface area contributed by atoms with Crippen molar-refractivity contribution in [3.8, 4) is 6.07 Å². The first-order valence-corrected chi connectivity index (χ1v) is 3.49. The number of nitriles is 1. The van der Waals surface area contributed by atoms with Crippen molar-refractivity contribution in [2.75, 3.05) is 6.54 Å². The van der Waals surface area contributed by atoms with E-state index in [1.54, 1.807) is 0 Å². The van der Waals surface area contributed by atoms with Crippen LogP contribution in [-0.4, -0.2) is 22.9 Å². The number of carbonyl (C=O) groups is 1. The maximum atomic E-state index is 10.6. The number of halogens is 1. The first-order valence-electron chi connectivity index (χ1n) is 3.11. The third-order valence-electron chi connectivity index (χ3n) is 1.63. The number of amides is 1. The Bertz CT molecular complexity index is 187. The molecule has 0 radical (unpaired) electrons. The van der Waals surface area contributed by atoms with Gasteiger partial charge in [0.25, 0.3) is 0 Å². The molecular formula is C6H7ClN2O. The lowest BCUT2D eigenvalue weighted by atomic mass is 10.2. The molecule has 10 heavy (non-hydrogen) atoms. The second-order valence-electron chi connectivity index (χ2n) is 2.23. The minimum atomic E-state index is -0.510. The van der Waals surface area contributed by atoms with E-state index in [0.29, 0.717) is 6.54 Å². The smallest absolute Gasteiger partial charge is 0.313 e. The topological polar surface area (TPSA) is 44.1 Å². The van der Waals surface area contributed by atoms with E-state index in [-0.39, 0.29) is 6.04 Å². The van der Waals surface area contributed by atoms with Crippen molar-refractivity contribution in [3.05, 3.63) is 0 Å². The summed E-state index contributed by atoms with van der Waals surface area (Å²) in [7, 11) is 0. The number of nitrogens with zero attached hydrogens (tertiary/aromatic N) is 2. The molecule has 0 aromatic rings. The zero-order chi connectivity index (χ0) is 7.56. The van der Waals surface area contributed by atoms with E-state index >= 15 is 0 Å². The zero-order valence-corrected chi connectivity index (χ0v) is 6.14. The summed E-state index contributed by atoms with van der Waals surface area (Å²) >= 11 is 5.19. The molecule has 0 aliphatic carbocycles. The van der Waals surface area contributed by atoms with Gasteiger partial charge in [0.05, 0.1) is 6.07 Å². The monoisotopic (exact) mass is 158 g/mol. The van der Waals surface area contributed by atoms with Gasteiger partial charge in [-0.3, -0.25) is 4.79 Å². The molecule has 1 heterocycles. The van der Waals surface area contributed by atoms with Gasteiger partial charge in [-0.2, -0.15) is 5.26 Å². The average molecular weight is 159 g/mol. The molecule has 3 nitrogen and oxygen atoms in total. The molecule has 0 N–H and O–H groups in total. The Morgan fingerprint density at radius 1 is 1.80 bits per heavy atom. The highest BCUT2D eigenvalue weighted by atomic mass is 35.5. The van der Waals surface area contributed by atoms with Crippen LogP contribution < -0.4 is 0 Å². The molecule has 54 valence electrons. The van der Waals surface area contributed by atoms with Gasteiger partial charge in [0.15, 0.2) is 0 Å². The lowest BCUT2D eigenvalue weighted by Crippen LogP contribution is -2.30. The summed E-state index contributed by atoms with van der Waals surface area (Å²) in [5, 5.41) is 7.97. The Hall–Kier alpha value is -0.750. The van der Waals surface area contributed by atoms with E-state index in [0.717, 1.165) is 12.8 Å². The van der Waals surface area contributed by atoms with Crippen molar-refractivity contribution in [1.29, 1.82) is 5.26 Å². The first kappa shape index (κ1) is 7.36. The van der Waals surface area contributed by atoms with E-state index in [2.05, 4.69) is 0 Å². The van der Waals surface area contributed by atoms with Crippen LogP contribution in [0.3, 0.4) is 0 Å². The van der Waals surface area contributed by atoms with Crippen molar-refractivity contribution < 1.29 is 4.79 Å². The second kappa shape index (κ2) is 2.89. The second-order valence-corrected chi connectivity index (χ2v) is 2.56. The molecule has 1 saturated heterocycles. The van der Waals surface area contributed by atoms with Crippen molar-refractivity contribution in [1.82, 2.24) is 4.90 Å². The fourth-order valence-corrected chi connectivity index (χ4v) is 1.31. The zero-order valence-electron chi connectivity index (χ0n) is 5.38. The minimum Gasteiger partial charge on any atom is -0.313 e. The number of hydrogen-bond donors (Lipinski definition) is 0. The van der Waals surface area contributed by atoms with E-state index < -0.39 is 5.37 Å². The Morgan fingerprint density at radius 2 is 2.50 bits per heavy atom. The third-order valence-corrected chi connectivity index (χ3v) is 1.84. The molecule has 1 aliphatic heterocycles. The predicted molar refractivity (Wildman–Crippen MR) is 36.6 cm³/mol. The quantitative estimate of drug-likeness (QED) is 0.394. The maximum absolute atomic E-state index is 10.6. The Morgan fingerprint density at radius 3 is 2.90 bits per heavy atom. The standard InChI is InChI=1S/C6H7ClN2O/c7-6(10)9-3-1-2-5(9)4-8/h5H,1-3H2/t5-/m0/s1. The van der Waals surface area contributed by atoms with Crippen LogP contribution in [0.1, 0.15) is 12.8 Å². The Labute approximate surface area is 64.2 Å². The number of hydrogen-bond acceptors (Lipinski definition) is 2. The largest absolute Gasteiger partial charge is 0.317 e. The van der Waals surface area contributed by atoms with E-state index in [4.69, 9.17) is 16.9 Å². The summed E-state index contributed by atoms with van der Waals surface area (Å²) in [5.41, 5.74) is 0. The van der Waals surface area contributed by atoms with E-state index in [1.807, 2.05) is 6.07 Å². The molecule has 0 bridgehead atoms. The average Bonchev–Trinajstić information content (AvgIpc) is 2.33. The van der Waals surface area contributed by atoms with E-state index in [9.17, 15) is 4.79 Å². The third kappa shape index (κ3) is 1.22. The number of rotatable bonds is 0. The summed E-state index contributed by atoms with van der Waals surface area (Å²) < 4.78 is 0. The van der Waals surface area contributed by atoms with Crippen molar-refractivity contribution in [3.63, 3.8) is 0 Å². The SMILES string of the molecule is N#C[C@@H]1CCCN1C(=O)Cl.